The standard InChI is InChI=1S/C10H23N3O2S.ClH/c1-9(2)12(3)16(14,15)13-6-4-5-10(7-11)8-13;/h9-10H,4-8,11H2,1-3H3;1H. The molecule has 17 heavy (non-hydrogen) atoms. The van der Waals surface area contributed by atoms with E-state index in [1.165, 1.54) is 4.31 Å². The summed E-state index contributed by atoms with van der Waals surface area (Å²) in [6, 6.07) is -0.0109. The SMILES string of the molecule is CC(C)N(C)S(=O)(=O)N1CCCC(CN)C1.Cl. The molecule has 5 nitrogen and oxygen atoms in total. The van der Waals surface area contributed by atoms with E-state index >= 15 is 0 Å². The van der Waals surface area contributed by atoms with Crippen molar-refractivity contribution in [2.24, 2.45) is 11.7 Å². The van der Waals surface area contributed by atoms with Crippen LogP contribution in [-0.4, -0.2) is 49.8 Å². The molecule has 1 saturated heterocycles. The van der Waals surface area contributed by atoms with Gasteiger partial charge in [-0.1, -0.05) is 0 Å². The van der Waals surface area contributed by atoms with E-state index in [0.717, 1.165) is 12.8 Å². The minimum atomic E-state index is -3.29. The van der Waals surface area contributed by atoms with Crippen molar-refractivity contribution in [3.63, 3.8) is 0 Å². The first kappa shape index (κ1) is 17.1. The Labute approximate surface area is 111 Å². The second-order valence-electron chi connectivity index (χ2n) is 4.72. The molecule has 1 aliphatic heterocycles. The molecule has 0 aromatic heterocycles. The summed E-state index contributed by atoms with van der Waals surface area (Å²) in [5.41, 5.74) is 5.61. The summed E-state index contributed by atoms with van der Waals surface area (Å²) in [7, 11) is -1.66. The lowest BCUT2D eigenvalue weighted by atomic mass is 10.0. The van der Waals surface area contributed by atoms with Crippen molar-refractivity contribution < 1.29 is 8.42 Å². The summed E-state index contributed by atoms with van der Waals surface area (Å²) in [6.45, 7) is 5.51. The van der Waals surface area contributed by atoms with Crippen LogP contribution in [0.4, 0.5) is 0 Å². The second kappa shape index (κ2) is 6.89. The van der Waals surface area contributed by atoms with Crippen LogP contribution in [-0.2, 0) is 10.2 Å². The number of hydrogen-bond acceptors (Lipinski definition) is 3. The largest absolute Gasteiger partial charge is 0.330 e. The third-order valence-electron chi connectivity index (χ3n) is 3.23. The third kappa shape index (κ3) is 4.06. The molecule has 7 heteroatoms. The van der Waals surface area contributed by atoms with Crippen molar-refractivity contribution >= 4 is 22.6 Å². The number of halogens is 1. The molecule has 1 atom stereocenters. The quantitative estimate of drug-likeness (QED) is 0.825. The van der Waals surface area contributed by atoms with Gasteiger partial charge in [0.1, 0.15) is 0 Å². The highest BCUT2D eigenvalue weighted by Gasteiger charge is 2.32. The number of rotatable bonds is 4. The Morgan fingerprint density at radius 3 is 2.53 bits per heavy atom. The normalized spacial score (nSPS) is 22.8. The molecule has 104 valence electrons. The number of nitrogens with zero attached hydrogens (tertiary/aromatic N) is 2. The molecule has 0 aromatic carbocycles. The third-order valence-corrected chi connectivity index (χ3v) is 5.37. The maximum absolute atomic E-state index is 12.2. The first-order valence-electron chi connectivity index (χ1n) is 5.82. The molecular weight excluding hydrogens is 262 g/mol. The highest BCUT2D eigenvalue weighted by atomic mass is 35.5. The Morgan fingerprint density at radius 1 is 1.47 bits per heavy atom. The maximum atomic E-state index is 12.2. The molecule has 0 amide bonds. The van der Waals surface area contributed by atoms with E-state index < -0.39 is 10.2 Å². The van der Waals surface area contributed by atoms with Crippen molar-refractivity contribution in [2.75, 3.05) is 26.7 Å². The summed E-state index contributed by atoms with van der Waals surface area (Å²) >= 11 is 0. The molecule has 1 unspecified atom stereocenters. The zero-order chi connectivity index (χ0) is 12.3. The van der Waals surface area contributed by atoms with Gasteiger partial charge in [-0.25, -0.2) is 0 Å². The van der Waals surface area contributed by atoms with Crippen LogP contribution in [0.2, 0.25) is 0 Å². The Morgan fingerprint density at radius 2 is 2.06 bits per heavy atom. The van der Waals surface area contributed by atoms with Crippen LogP contribution in [0.3, 0.4) is 0 Å². The Balaban J connectivity index is 0.00000256. The van der Waals surface area contributed by atoms with E-state index in [-0.39, 0.29) is 18.4 Å². The van der Waals surface area contributed by atoms with E-state index in [1.54, 1.807) is 11.4 Å². The zero-order valence-electron chi connectivity index (χ0n) is 10.8. The summed E-state index contributed by atoms with van der Waals surface area (Å²) in [5, 5.41) is 0. The molecular formula is C10H24ClN3O2S. The minimum absolute atomic E-state index is 0. The lowest BCUT2D eigenvalue weighted by Gasteiger charge is -2.35. The average molecular weight is 286 g/mol. The van der Waals surface area contributed by atoms with E-state index in [0.29, 0.717) is 25.6 Å². The molecule has 1 heterocycles. The number of piperidine rings is 1. The fourth-order valence-corrected chi connectivity index (χ4v) is 3.53. The van der Waals surface area contributed by atoms with Gasteiger partial charge >= 0.3 is 0 Å². The highest BCUT2D eigenvalue weighted by molar-refractivity contribution is 7.86. The van der Waals surface area contributed by atoms with Crippen LogP contribution in [0.1, 0.15) is 26.7 Å². The van der Waals surface area contributed by atoms with Crippen LogP contribution in [0.25, 0.3) is 0 Å². The summed E-state index contributed by atoms with van der Waals surface area (Å²) in [6.07, 6.45) is 1.95. The number of nitrogens with two attached hydrogens (primary N) is 1. The van der Waals surface area contributed by atoms with E-state index in [9.17, 15) is 8.42 Å². The van der Waals surface area contributed by atoms with E-state index in [1.807, 2.05) is 13.8 Å². The van der Waals surface area contributed by atoms with Crippen LogP contribution in [0.5, 0.6) is 0 Å². The van der Waals surface area contributed by atoms with Crippen molar-refractivity contribution in [3.05, 3.63) is 0 Å². The first-order valence-corrected chi connectivity index (χ1v) is 7.22. The van der Waals surface area contributed by atoms with Gasteiger partial charge in [-0.15, -0.1) is 12.4 Å². The monoisotopic (exact) mass is 285 g/mol. The smallest absolute Gasteiger partial charge is 0.281 e. The molecule has 0 bridgehead atoms. The predicted octanol–water partition coefficient (Wildman–Crippen LogP) is 0.664. The molecule has 0 saturated carbocycles. The summed E-state index contributed by atoms with van der Waals surface area (Å²) in [4.78, 5) is 0. The average Bonchev–Trinajstić information content (AvgIpc) is 2.27. The van der Waals surface area contributed by atoms with Crippen molar-refractivity contribution in [3.8, 4) is 0 Å². The van der Waals surface area contributed by atoms with Crippen LogP contribution in [0.15, 0.2) is 0 Å². The van der Waals surface area contributed by atoms with E-state index in [2.05, 4.69) is 0 Å². The van der Waals surface area contributed by atoms with Crippen molar-refractivity contribution in [2.45, 2.75) is 32.7 Å². The zero-order valence-corrected chi connectivity index (χ0v) is 12.4. The van der Waals surface area contributed by atoms with Crippen molar-refractivity contribution in [1.82, 2.24) is 8.61 Å². The first-order chi connectivity index (χ1) is 7.39. The molecule has 1 rings (SSSR count). The summed E-state index contributed by atoms with van der Waals surface area (Å²) in [5.74, 6) is 0.309. The minimum Gasteiger partial charge on any atom is -0.330 e. The van der Waals surface area contributed by atoms with Crippen molar-refractivity contribution in [1.29, 1.82) is 0 Å². The molecule has 1 aliphatic rings. The van der Waals surface area contributed by atoms with Crippen LogP contribution in [0, 0.1) is 5.92 Å². The second-order valence-corrected chi connectivity index (χ2v) is 6.71. The molecule has 1 fully saturated rings. The Kier molecular flexibility index (Phi) is 6.94. The van der Waals surface area contributed by atoms with Gasteiger partial charge in [-0.3, -0.25) is 0 Å². The Hall–Kier alpha value is 0.120. The fourth-order valence-electron chi connectivity index (χ4n) is 1.88. The van der Waals surface area contributed by atoms with Gasteiger partial charge in [0, 0.05) is 26.2 Å². The maximum Gasteiger partial charge on any atom is 0.281 e. The van der Waals surface area contributed by atoms with Gasteiger partial charge in [0.25, 0.3) is 10.2 Å². The number of hydrogen-bond donors (Lipinski definition) is 1. The van der Waals surface area contributed by atoms with Gasteiger partial charge in [-0.05, 0) is 39.2 Å². The Bertz CT molecular complexity index is 322. The topological polar surface area (TPSA) is 66.6 Å². The van der Waals surface area contributed by atoms with Gasteiger partial charge in [0.15, 0.2) is 0 Å². The van der Waals surface area contributed by atoms with Gasteiger partial charge in [-0.2, -0.15) is 17.0 Å². The lowest BCUT2D eigenvalue weighted by Crippen LogP contribution is -2.49. The van der Waals surface area contributed by atoms with Crippen LogP contribution >= 0.6 is 12.4 Å². The molecule has 2 N–H and O–H groups in total. The molecule has 0 aromatic rings. The highest BCUT2D eigenvalue weighted by Crippen LogP contribution is 2.20. The van der Waals surface area contributed by atoms with Gasteiger partial charge in [0.2, 0.25) is 0 Å². The molecule has 0 aliphatic carbocycles. The predicted molar refractivity (Wildman–Crippen MR) is 72.4 cm³/mol. The summed E-state index contributed by atoms with van der Waals surface area (Å²) < 4.78 is 27.4. The van der Waals surface area contributed by atoms with E-state index in [4.69, 9.17) is 5.73 Å². The molecule has 0 radical (unpaired) electrons. The van der Waals surface area contributed by atoms with Gasteiger partial charge in [0.05, 0.1) is 0 Å². The van der Waals surface area contributed by atoms with Crippen LogP contribution < -0.4 is 5.73 Å². The van der Waals surface area contributed by atoms with Gasteiger partial charge < -0.3 is 5.73 Å². The molecule has 0 spiro atoms. The lowest BCUT2D eigenvalue weighted by molar-refractivity contribution is 0.249. The fraction of sp³-hybridized carbons (Fsp3) is 1.00.